The molecule has 0 fully saturated rings. The van der Waals surface area contributed by atoms with E-state index in [2.05, 4.69) is 15.2 Å². The molecule has 5 heteroatoms. The van der Waals surface area contributed by atoms with Gasteiger partial charge in [0.15, 0.2) is 0 Å². The molecule has 0 saturated heterocycles. The number of hydrogen-bond donors (Lipinski definition) is 2. The molecule has 2 N–H and O–H groups in total. The van der Waals surface area contributed by atoms with Crippen LogP contribution in [0.3, 0.4) is 0 Å². The molecule has 0 aliphatic rings. The molecule has 1 aromatic rings. The second-order valence-electron chi connectivity index (χ2n) is 1.42. The lowest BCUT2D eigenvalue weighted by Crippen LogP contribution is -2.29. The van der Waals surface area contributed by atoms with Crippen molar-refractivity contribution in [2.45, 2.75) is 6.55 Å². The van der Waals surface area contributed by atoms with E-state index in [-0.39, 0.29) is 0 Å². The molecule has 4 nitrogen and oxygen atoms in total. The average molecular weight is 128 g/mol. The summed E-state index contributed by atoms with van der Waals surface area (Å²) < 4.78 is 0. The van der Waals surface area contributed by atoms with E-state index >= 15 is 0 Å². The Labute approximate surface area is 48.3 Å². The maximum Gasteiger partial charge on any atom is 0.285 e. The minimum Gasteiger partial charge on any atom is -0.425 e. The van der Waals surface area contributed by atoms with Crippen LogP contribution >= 0.6 is 0 Å². The van der Waals surface area contributed by atoms with Gasteiger partial charge in [-0.3, -0.25) is 5.10 Å². The molecule has 0 aliphatic heterocycles. The van der Waals surface area contributed by atoms with Crippen LogP contribution in [0.1, 0.15) is 0 Å². The topological polar surface area (TPSA) is 61.8 Å². The monoisotopic (exact) mass is 128 g/mol. The largest absolute Gasteiger partial charge is 0.425 e. The summed E-state index contributed by atoms with van der Waals surface area (Å²) >= 11 is 0. The molecule has 0 spiro atoms. The van der Waals surface area contributed by atoms with Crippen molar-refractivity contribution in [2.75, 3.05) is 0 Å². The normalized spacial score (nSPS) is 10.4. The molecule has 0 atom stereocenters. The van der Waals surface area contributed by atoms with Crippen molar-refractivity contribution < 1.29 is 4.80 Å². The van der Waals surface area contributed by atoms with Gasteiger partial charge in [0, 0.05) is 0 Å². The lowest BCUT2D eigenvalue weighted by molar-refractivity contribution is 0.591. The minimum absolute atomic E-state index is 0.606. The number of nitrogens with zero attached hydrogens (tertiary/aromatic N) is 2. The van der Waals surface area contributed by atoms with Gasteiger partial charge in [0.05, 0.1) is 0 Å². The van der Waals surface area contributed by atoms with Crippen molar-refractivity contribution in [3.8, 4) is 0 Å². The zero-order valence-corrected chi connectivity index (χ0v) is 5.42. The van der Waals surface area contributed by atoms with E-state index < -0.39 is 9.04 Å². The third-order valence-electron chi connectivity index (χ3n) is 0.758. The van der Waals surface area contributed by atoms with E-state index in [1.54, 1.807) is 6.55 Å². The third-order valence-corrected chi connectivity index (χ3v) is 1.68. The van der Waals surface area contributed by atoms with Gasteiger partial charge in [-0.15, -0.1) is 0 Å². The van der Waals surface area contributed by atoms with Crippen molar-refractivity contribution in [3.05, 3.63) is 6.33 Å². The highest BCUT2D eigenvalue weighted by atomic mass is 28.3. The SMILES string of the molecule is C[Si](O)c1ncn[nH]1. The standard InChI is InChI=1S/C3H6N3OSi/c1-8(7)3-4-2-5-6-3/h2,7H,1H3,(H,4,5,6). The molecule has 1 heterocycles. The summed E-state index contributed by atoms with van der Waals surface area (Å²) in [6.45, 7) is 1.73. The van der Waals surface area contributed by atoms with E-state index in [4.69, 9.17) is 4.80 Å². The highest BCUT2D eigenvalue weighted by Gasteiger charge is 2.05. The summed E-state index contributed by atoms with van der Waals surface area (Å²) in [5, 5.41) is 6.14. The van der Waals surface area contributed by atoms with Crippen LogP contribution in [-0.4, -0.2) is 29.0 Å². The maximum absolute atomic E-state index is 8.88. The molecule has 0 saturated carbocycles. The van der Waals surface area contributed by atoms with Crippen LogP contribution in [0.4, 0.5) is 0 Å². The first-order chi connectivity index (χ1) is 3.80. The summed E-state index contributed by atoms with van der Waals surface area (Å²) in [4.78, 5) is 12.6. The Bertz CT molecular complexity index is 150. The molecule has 0 amide bonds. The zero-order chi connectivity index (χ0) is 5.98. The van der Waals surface area contributed by atoms with Gasteiger partial charge >= 0.3 is 0 Å². The molecular weight excluding hydrogens is 122 g/mol. The van der Waals surface area contributed by atoms with Gasteiger partial charge in [-0.25, -0.2) is 4.98 Å². The molecule has 0 unspecified atom stereocenters. The first kappa shape index (κ1) is 5.45. The summed E-state index contributed by atoms with van der Waals surface area (Å²) in [6, 6.07) is 0. The van der Waals surface area contributed by atoms with Crippen molar-refractivity contribution in [3.63, 3.8) is 0 Å². The fourth-order valence-corrected chi connectivity index (χ4v) is 0.851. The Morgan fingerprint density at radius 3 is 2.88 bits per heavy atom. The van der Waals surface area contributed by atoms with Gasteiger partial charge in [-0.2, -0.15) is 5.10 Å². The van der Waals surface area contributed by atoms with E-state index in [1.165, 1.54) is 6.33 Å². The van der Waals surface area contributed by atoms with Gasteiger partial charge in [0.1, 0.15) is 11.8 Å². The third kappa shape index (κ3) is 0.931. The predicted octanol–water partition coefficient (Wildman–Crippen LogP) is -1.37. The van der Waals surface area contributed by atoms with Crippen LogP contribution in [0.2, 0.25) is 6.55 Å². The van der Waals surface area contributed by atoms with Crippen molar-refractivity contribution in [2.24, 2.45) is 0 Å². The van der Waals surface area contributed by atoms with Crippen molar-refractivity contribution in [1.29, 1.82) is 0 Å². The summed E-state index contributed by atoms with van der Waals surface area (Å²) in [5.74, 6) is 0. The van der Waals surface area contributed by atoms with Crippen molar-refractivity contribution in [1.82, 2.24) is 15.2 Å². The zero-order valence-electron chi connectivity index (χ0n) is 4.42. The molecule has 43 valence electrons. The average Bonchev–Trinajstić information content (AvgIpc) is 2.12. The number of H-pyrrole nitrogens is 1. The van der Waals surface area contributed by atoms with Gasteiger partial charge < -0.3 is 4.80 Å². The Balaban J connectivity index is 2.77. The highest BCUT2D eigenvalue weighted by molar-refractivity contribution is 6.62. The summed E-state index contributed by atoms with van der Waals surface area (Å²) in [5.41, 5.74) is 0.606. The lowest BCUT2D eigenvalue weighted by Gasteiger charge is -1.88. The number of rotatable bonds is 1. The summed E-state index contributed by atoms with van der Waals surface area (Å²) in [6.07, 6.45) is 1.39. The number of nitrogens with one attached hydrogen (secondary N) is 1. The Morgan fingerprint density at radius 1 is 1.88 bits per heavy atom. The van der Waals surface area contributed by atoms with Crippen LogP contribution in [0.5, 0.6) is 0 Å². The summed E-state index contributed by atoms with van der Waals surface area (Å²) in [7, 11) is -1.40. The van der Waals surface area contributed by atoms with Crippen LogP contribution < -0.4 is 5.45 Å². The molecular formula is C3H6N3OSi. The highest BCUT2D eigenvalue weighted by Crippen LogP contribution is 1.68. The fourth-order valence-electron chi connectivity index (χ4n) is 0.380. The van der Waals surface area contributed by atoms with E-state index in [0.717, 1.165) is 0 Å². The fraction of sp³-hybridized carbons (Fsp3) is 0.333. The first-order valence-corrected chi connectivity index (χ1v) is 4.13. The Kier molecular flexibility index (Phi) is 1.40. The Hall–Kier alpha value is -0.683. The van der Waals surface area contributed by atoms with E-state index in [0.29, 0.717) is 5.45 Å². The van der Waals surface area contributed by atoms with E-state index in [1.807, 2.05) is 0 Å². The Morgan fingerprint density at radius 2 is 2.62 bits per heavy atom. The minimum atomic E-state index is -1.40. The molecule has 1 rings (SSSR count). The second-order valence-corrected chi connectivity index (χ2v) is 3.06. The van der Waals surface area contributed by atoms with E-state index in [9.17, 15) is 0 Å². The van der Waals surface area contributed by atoms with Gasteiger partial charge in [0.2, 0.25) is 0 Å². The molecule has 0 aromatic carbocycles. The predicted molar refractivity (Wildman–Crippen MR) is 29.9 cm³/mol. The molecule has 1 aromatic heterocycles. The van der Waals surface area contributed by atoms with Gasteiger partial charge in [-0.1, -0.05) is 0 Å². The number of hydrogen-bond acceptors (Lipinski definition) is 3. The maximum atomic E-state index is 8.88. The van der Waals surface area contributed by atoms with Gasteiger partial charge in [-0.05, 0) is 6.55 Å². The molecule has 0 aliphatic carbocycles. The quantitative estimate of drug-likeness (QED) is 0.458. The van der Waals surface area contributed by atoms with Crippen LogP contribution in [0.25, 0.3) is 0 Å². The first-order valence-electron chi connectivity index (χ1n) is 2.19. The van der Waals surface area contributed by atoms with Crippen LogP contribution in [0.15, 0.2) is 6.33 Å². The molecule has 8 heavy (non-hydrogen) atoms. The van der Waals surface area contributed by atoms with Crippen LogP contribution in [-0.2, 0) is 0 Å². The second kappa shape index (κ2) is 2.06. The number of aromatic nitrogens is 3. The smallest absolute Gasteiger partial charge is 0.285 e. The van der Waals surface area contributed by atoms with Crippen molar-refractivity contribution >= 4 is 14.5 Å². The molecule has 1 radical (unpaired) electrons. The number of aromatic amines is 1. The van der Waals surface area contributed by atoms with Crippen LogP contribution in [0, 0.1) is 0 Å². The van der Waals surface area contributed by atoms with Gasteiger partial charge in [0.25, 0.3) is 9.04 Å². The lowest BCUT2D eigenvalue weighted by atomic mass is 11.3. The molecule has 0 bridgehead atoms.